The van der Waals surface area contributed by atoms with Crippen LogP contribution in [-0.4, -0.2) is 69.0 Å². The van der Waals surface area contributed by atoms with Crippen LogP contribution in [0.1, 0.15) is 29.3 Å². The lowest BCUT2D eigenvalue weighted by atomic mass is 9.91. The molecule has 4 heterocycles. The third-order valence-corrected chi connectivity index (χ3v) is 6.95. The summed E-state index contributed by atoms with van der Waals surface area (Å²) in [7, 11) is 1.59. The van der Waals surface area contributed by atoms with Crippen LogP contribution in [0.25, 0.3) is 16.9 Å². The minimum Gasteiger partial charge on any atom is -0.401 e. The van der Waals surface area contributed by atoms with Gasteiger partial charge in [0, 0.05) is 63.1 Å². The van der Waals surface area contributed by atoms with Gasteiger partial charge < -0.3 is 9.47 Å². The molecule has 1 aliphatic heterocycles. The van der Waals surface area contributed by atoms with Crippen molar-refractivity contribution in [2.75, 3.05) is 26.8 Å². The quantitative estimate of drug-likeness (QED) is 0.223. The van der Waals surface area contributed by atoms with Crippen LogP contribution in [0.2, 0.25) is 0 Å². The first-order valence-electron chi connectivity index (χ1n) is 13.3. The molecule has 42 heavy (non-hydrogen) atoms. The van der Waals surface area contributed by atoms with Crippen LogP contribution in [0.15, 0.2) is 61.1 Å². The Labute approximate surface area is 240 Å². The normalized spacial score (nSPS) is 17.2. The summed E-state index contributed by atoms with van der Waals surface area (Å²) in [6.45, 7) is 0.201. The summed E-state index contributed by atoms with van der Waals surface area (Å²) in [5.74, 6) is -0.913. The van der Waals surface area contributed by atoms with Gasteiger partial charge in [0.1, 0.15) is 11.9 Å². The Morgan fingerprint density at radius 3 is 2.60 bits per heavy atom. The van der Waals surface area contributed by atoms with Crippen molar-refractivity contribution in [1.82, 2.24) is 29.8 Å². The van der Waals surface area contributed by atoms with Gasteiger partial charge in [-0.25, -0.2) is 19.6 Å². The van der Waals surface area contributed by atoms with Crippen LogP contribution in [0.3, 0.4) is 0 Å². The third-order valence-electron chi connectivity index (χ3n) is 6.95. The molecule has 0 spiro atoms. The summed E-state index contributed by atoms with van der Waals surface area (Å²) in [4.78, 5) is 31.1. The summed E-state index contributed by atoms with van der Waals surface area (Å²) < 4.78 is 50.2. The third kappa shape index (κ3) is 6.81. The molecular formula is C29H29F3N6O4. The van der Waals surface area contributed by atoms with Gasteiger partial charge in [-0.15, -0.1) is 0 Å². The van der Waals surface area contributed by atoms with Crippen LogP contribution in [0.4, 0.5) is 13.2 Å². The maximum absolute atomic E-state index is 13.9. The number of nitrogens with zero attached hydrogens (tertiary/aromatic N) is 6. The summed E-state index contributed by atoms with van der Waals surface area (Å²) in [6, 6.07) is 11.9. The van der Waals surface area contributed by atoms with E-state index in [1.54, 1.807) is 22.9 Å². The minimum absolute atomic E-state index is 0.0552. The van der Waals surface area contributed by atoms with E-state index in [0.29, 0.717) is 42.2 Å². The highest BCUT2D eigenvalue weighted by Gasteiger charge is 2.37. The maximum atomic E-state index is 13.9. The van der Waals surface area contributed by atoms with Crippen molar-refractivity contribution in [3.63, 3.8) is 0 Å². The number of pyridine rings is 1. The molecule has 0 radical (unpaired) electrons. The zero-order valence-corrected chi connectivity index (χ0v) is 23.0. The largest absolute Gasteiger partial charge is 0.401 e. The lowest BCUT2D eigenvalue weighted by Gasteiger charge is -2.17. The number of Topliss-reactive ketones (excluding diaryl/α,β-unsaturated/α-hetero) is 1. The Kier molecular flexibility index (Phi) is 9.20. The van der Waals surface area contributed by atoms with Gasteiger partial charge in [0.15, 0.2) is 0 Å². The first kappa shape index (κ1) is 29.3. The summed E-state index contributed by atoms with van der Waals surface area (Å²) >= 11 is 0. The number of hydrogen-bond acceptors (Lipinski definition) is 9. The highest BCUT2D eigenvalue weighted by molar-refractivity contribution is 5.82. The van der Waals surface area contributed by atoms with E-state index >= 15 is 0 Å². The molecule has 10 nitrogen and oxygen atoms in total. The monoisotopic (exact) mass is 582 g/mol. The van der Waals surface area contributed by atoms with Gasteiger partial charge in [-0.3, -0.25) is 9.63 Å². The fraction of sp³-hybridized carbons (Fsp3) is 0.345. The van der Waals surface area contributed by atoms with E-state index in [1.165, 1.54) is 24.7 Å². The summed E-state index contributed by atoms with van der Waals surface area (Å²) in [5, 5.41) is 6.48. The van der Waals surface area contributed by atoms with Crippen LogP contribution in [0.5, 0.6) is 6.01 Å². The molecule has 4 aromatic rings. The minimum atomic E-state index is -3.04. The molecule has 0 unspecified atom stereocenters. The van der Waals surface area contributed by atoms with E-state index < -0.39 is 24.7 Å². The Hall–Kier alpha value is -4.20. The molecule has 220 valence electrons. The van der Waals surface area contributed by atoms with Crippen molar-refractivity contribution in [2.45, 2.75) is 32.5 Å². The molecule has 0 bridgehead atoms. The predicted octanol–water partition coefficient (Wildman–Crippen LogP) is 4.53. The first-order chi connectivity index (χ1) is 20.3. The van der Waals surface area contributed by atoms with Gasteiger partial charge in [0.25, 0.3) is 0 Å². The fourth-order valence-corrected chi connectivity index (χ4v) is 5.01. The van der Waals surface area contributed by atoms with E-state index in [2.05, 4.69) is 19.7 Å². The van der Waals surface area contributed by atoms with Gasteiger partial charge in [-0.2, -0.15) is 23.3 Å². The Balaban J connectivity index is 1.41. The average molecular weight is 583 g/mol. The number of ketones is 1. The number of hydroxylamine groups is 2. The zero-order valence-electron chi connectivity index (χ0n) is 23.0. The molecule has 0 amide bonds. The van der Waals surface area contributed by atoms with E-state index in [4.69, 9.17) is 14.7 Å². The topological polar surface area (TPSA) is 104 Å². The Morgan fingerprint density at radius 2 is 1.90 bits per heavy atom. The summed E-state index contributed by atoms with van der Waals surface area (Å²) in [6.07, 6.45) is 3.80. The number of hydrogen-bond donors (Lipinski definition) is 0. The van der Waals surface area contributed by atoms with Crippen LogP contribution >= 0.6 is 0 Å². The van der Waals surface area contributed by atoms with E-state index in [9.17, 15) is 18.0 Å². The lowest BCUT2D eigenvalue weighted by molar-refractivity contribution is -0.155. The van der Waals surface area contributed by atoms with Gasteiger partial charge in [0.2, 0.25) is 5.95 Å². The van der Waals surface area contributed by atoms with Gasteiger partial charge in [-0.05, 0) is 42.3 Å². The highest BCUT2D eigenvalue weighted by Crippen LogP contribution is 2.37. The number of carbonyl (C=O) groups is 1. The molecule has 1 fully saturated rings. The fourth-order valence-electron chi connectivity index (χ4n) is 5.01. The number of alkyl halides is 2. The molecule has 1 aliphatic rings. The molecule has 1 saturated heterocycles. The highest BCUT2D eigenvalue weighted by atomic mass is 19.3. The number of methoxy groups -OCH3 is 1. The van der Waals surface area contributed by atoms with Gasteiger partial charge >= 0.3 is 12.6 Å². The van der Waals surface area contributed by atoms with Gasteiger partial charge in [-0.1, -0.05) is 18.2 Å². The molecule has 2 atom stereocenters. The van der Waals surface area contributed by atoms with Crippen molar-refractivity contribution in [1.29, 1.82) is 0 Å². The molecule has 0 N–H and O–H groups in total. The predicted molar refractivity (Wildman–Crippen MR) is 144 cm³/mol. The number of para-hydroxylation sites is 1. The molecule has 0 aliphatic carbocycles. The smallest absolute Gasteiger partial charge is 0.389 e. The molecule has 1 aromatic carbocycles. The number of rotatable bonds is 12. The SMILES string of the molecule is COCCN1C[C@@H](CC(=O)Cc2c(C)c(-c3cnc(OC(F)F)nc3)nn2-c2ccccc2)[C@H](c2ccnc(F)c2)O1. The molecule has 0 saturated carbocycles. The Morgan fingerprint density at radius 1 is 1.14 bits per heavy atom. The second kappa shape index (κ2) is 13.2. The second-order valence-corrected chi connectivity index (χ2v) is 9.80. The average Bonchev–Trinajstić information content (AvgIpc) is 3.53. The number of halogens is 3. The van der Waals surface area contributed by atoms with Crippen LogP contribution in [-0.2, 0) is 20.8 Å². The number of aromatic nitrogens is 5. The van der Waals surface area contributed by atoms with Crippen LogP contribution < -0.4 is 4.74 Å². The molecular weight excluding hydrogens is 553 g/mol. The number of carbonyl (C=O) groups excluding carboxylic acids is 1. The van der Waals surface area contributed by atoms with Crippen molar-refractivity contribution in [3.8, 4) is 23.0 Å². The number of benzene rings is 1. The van der Waals surface area contributed by atoms with Crippen molar-refractivity contribution in [3.05, 3.63) is 83.8 Å². The molecule has 13 heteroatoms. The lowest BCUT2D eigenvalue weighted by Crippen LogP contribution is -2.24. The van der Waals surface area contributed by atoms with Crippen LogP contribution in [0, 0.1) is 18.8 Å². The number of ether oxygens (including phenoxy) is 2. The maximum Gasteiger partial charge on any atom is 0.389 e. The summed E-state index contributed by atoms with van der Waals surface area (Å²) in [5.41, 5.74) is 3.72. The molecule has 3 aromatic heterocycles. The zero-order chi connectivity index (χ0) is 29.6. The van der Waals surface area contributed by atoms with Crippen molar-refractivity contribution < 1.29 is 32.3 Å². The van der Waals surface area contributed by atoms with E-state index in [0.717, 1.165) is 11.3 Å². The molecule has 5 rings (SSSR count). The van der Waals surface area contributed by atoms with Gasteiger partial charge in [0.05, 0.1) is 23.7 Å². The standard InChI is InChI=1S/C29H29F3N6O4/c1-18-24(14-23(39)12-20-17-37(10-11-40-2)42-27(20)19-8-9-33-25(30)13-19)38(22-6-4-3-5-7-22)36-26(18)21-15-34-29(35-16-21)41-28(31)32/h3-9,13,15-16,20,27-28H,10-12,14,17H2,1-2H3/t20-,27+/m1/s1. The van der Waals surface area contributed by atoms with E-state index in [1.807, 2.05) is 37.3 Å². The van der Waals surface area contributed by atoms with E-state index in [-0.39, 0.29) is 24.5 Å². The van der Waals surface area contributed by atoms with Crippen molar-refractivity contribution in [2.24, 2.45) is 5.92 Å². The second-order valence-electron chi connectivity index (χ2n) is 9.80. The first-order valence-corrected chi connectivity index (χ1v) is 13.3. The van der Waals surface area contributed by atoms with Crippen molar-refractivity contribution >= 4 is 5.78 Å². The Bertz CT molecular complexity index is 1500.